The number of carbonyl (C=O) groups excluding carboxylic acids is 2. The molecule has 0 aliphatic carbocycles. The minimum absolute atomic E-state index is 0.0824. The molecule has 3 heterocycles. The van der Waals surface area contributed by atoms with Gasteiger partial charge in [0.15, 0.2) is 0 Å². The Hall–Kier alpha value is -1.78. The van der Waals surface area contributed by atoms with Gasteiger partial charge in [-0.1, -0.05) is 0 Å². The first-order chi connectivity index (χ1) is 10.1. The minimum atomic E-state index is 0.0824. The first-order valence-electron chi connectivity index (χ1n) is 7.84. The van der Waals surface area contributed by atoms with Gasteiger partial charge in [-0.05, 0) is 38.3 Å². The van der Waals surface area contributed by atoms with E-state index >= 15 is 0 Å². The Morgan fingerprint density at radius 2 is 2.24 bits per heavy atom. The molecule has 2 fully saturated rings. The van der Waals surface area contributed by atoms with Crippen molar-refractivity contribution in [2.24, 2.45) is 5.41 Å². The Morgan fingerprint density at radius 1 is 1.38 bits per heavy atom. The van der Waals surface area contributed by atoms with Gasteiger partial charge in [0.25, 0.3) is 5.91 Å². The first-order valence-corrected chi connectivity index (χ1v) is 7.84. The average Bonchev–Trinajstić information content (AvgIpc) is 3.04. The van der Waals surface area contributed by atoms with E-state index in [-0.39, 0.29) is 17.2 Å². The normalized spacial score (nSPS) is 26.4. The van der Waals surface area contributed by atoms with E-state index in [1.54, 1.807) is 6.20 Å². The molecule has 3 rings (SSSR count). The summed E-state index contributed by atoms with van der Waals surface area (Å²) in [5, 5.41) is 0. The van der Waals surface area contributed by atoms with Gasteiger partial charge >= 0.3 is 0 Å². The highest BCUT2D eigenvalue weighted by molar-refractivity contribution is 5.92. The second-order valence-corrected chi connectivity index (χ2v) is 6.32. The summed E-state index contributed by atoms with van der Waals surface area (Å²) in [6.45, 7) is 5.19. The van der Waals surface area contributed by atoms with E-state index in [9.17, 15) is 9.59 Å². The molecular formula is C16H23N3O2. The highest BCUT2D eigenvalue weighted by Gasteiger charge is 2.42. The highest BCUT2D eigenvalue weighted by Crippen LogP contribution is 2.39. The van der Waals surface area contributed by atoms with Crippen molar-refractivity contribution in [3.05, 3.63) is 24.0 Å². The molecule has 1 aromatic heterocycles. The Morgan fingerprint density at radius 3 is 2.95 bits per heavy atom. The van der Waals surface area contributed by atoms with Gasteiger partial charge < -0.3 is 14.8 Å². The lowest BCUT2D eigenvalue weighted by molar-refractivity contribution is -0.138. The van der Waals surface area contributed by atoms with Crippen molar-refractivity contribution in [2.75, 3.05) is 26.2 Å². The molecular weight excluding hydrogens is 266 g/mol. The minimum Gasteiger partial charge on any atom is -0.357 e. The summed E-state index contributed by atoms with van der Waals surface area (Å²) < 4.78 is 0. The SMILES string of the molecule is CCN1C[C@@]2(CCCN(C(=O)c3ccc[nH]3)C2)CCC1=O. The van der Waals surface area contributed by atoms with Crippen molar-refractivity contribution in [3.8, 4) is 0 Å². The van der Waals surface area contributed by atoms with Crippen LogP contribution in [0.5, 0.6) is 0 Å². The third-order valence-electron chi connectivity index (χ3n) is 4.91. The molecule has 1 spiro atoms. The van der Waals surface area contributed by atoms with Crippen LogP contribution in [0.15, 0.2) is 18.3 Å². The van der Waals surface area contributed by atoms with E-state index in [2.05, 4.69) is 4.98 Å². The topological polar surface area (TPSA) is 56.4 Å². The molecule has 1 aromatic rings. The van der Waals surface area contributed by atoms with Crippen LogP contribution in [0.25, 0.3) is 0 Å². The predicted molar refractivity (Wildman–Crippen MR) is 79.9 cm³/mol. The van der Waals surface area contributed by atoms with Crippen molar-refractivity contribution in [1.82, 2.24) is 14.8 Å². The molecule has 5 nitrogen and oxygen atoms in total. The average molecular weight is 289 g/mol. The number of H-pyrrole nitrogens is 1. The number of nitrogens with zero attached hydrogens (tertiary/aromatic N) is 2. The molecule has 2 amide bonds. The summed E-state index contributed by atoms with van der Waals surface area (Å²) in [7, 11) is 0. The number of rotatable bonds is 2. The maximum atomic E-state index is 12.5. The van der Waals surface area contributed by atoms with E-state index in [4.69, 9.17) is 0 Å². The molecule has 2 aliphatic heterocycles. The monoisotopic (exact) mass is 289 g/mol. The van der Waals surface area contributed by atoms with Gasteiger partial charge in [0, 0.05) is 44.2 Å². The van der Waals surface area contributed by atoms with E-state index < -0.39 is 0 Å². The van der Waals surface area contributed by atoms with Crippen LogP contribution < -0.4 is 0 Å². The second kappa shape index (κ2) is 5.54. The van der Waals surface area contributed by atoms with Gasteiger partial charge in [-0.2, -0.15) is 0 Å². The number of aromatic nitrogens is 1. The van der Waals surface area contributed by atoms with Gasteiger partial charge in [0.1, 0.15) is 5.69 Å². The summed E-state index contributed by atoms with van der Waals surface area (Å²) in [6.07, 6.45) is 5.46. The van der Waals surface area contributed by atoms with Crippen molar-refractivity contribution in [1.29, 1.82) is 0 Å². The number of carbonyl (C=O) groups is 2. The van der Waals surface area contributed by atoms with Crippen molar-refractivity contribution in [2.45, 2.75) is 32.6 Å². The quantitative estimate of drug-likeness (QED) is 0.903. The van der Waals surface area contributed by atoms with Gasteiger partial charge in [-0.25, -0.2) is 0 Å². The van der Waals surface area contributed by atoms with Crippen LogP contribution >= 0.6 is 0 Å². The molecule has 2 saturated heterocycles. The van der Waals surface area contributed by atoms with Crippen LogP contribution in [0, 0.1) is 5.41 Å². The van der Waals surface area contributed by atoms with Crippen LogP contribution in [-0.4, -0.2) is 52.8 Å². The zero-order chi connectivity index (χ0) is 14.9. The van der Waals surface area contributed by atoms with Crippen LogP contribution in [0.1, 0.15) is 43.1 Å². The second-order valence-electron chi connectivity index (χ2n) is 6.32. The third-order valence-corrected chi connectivity index (χ3v) is 4.91. The van der Waals surface area contributed by atoms with E-state index in [1.807, 2.05) is 28.9 Å². The summed E-state index contributed by atoms with van der Waals surface area (Å²) in [5.74, 6) is 0.343. The number of likely N-dealkylation sites (tertiary alicyclic amines) is 2. The number of hydrogen-bond acceptors (Lipinski definition) is 2. The molecule has 114 valence electrons. The molecule has 0 radical (unpaired) electrons. The molecule has 0 bridgehead atoms. The Bertz CT molecular complexity index is 526. The lowest BCUT2D eigenvalue weighted by atomic mass is 9.73. The third kappa shape index (κ3) is 2.69. The lowest BCUT2D eigenvalue weighted by Gasteiger charge is -2.48. The number of nitrogens with one attached hydrogen (secondary N) is 1. The molecule has 1 N–H and O–H groups in total. The predicted octanol–water partition coefficient (Wildman–Crippen LogP) is 1.88. The number of amides is 2. The van der Waals surface area contributed by atoms with Gasteiger partial charge in [-0.15, -0.1) is 0 Å². The Balaban J connectivity index is 1.73. The summed E-state index contributed by atoms with van der Waals surface area (Å²) in [4.78, 5) is 31.3. The maximum Gasteiger partial charge on any atom is 0.270 e. The number of piperidine rings is 2. The van der Waals surface area contributed by atoms with Crippen molar-refractivity contribution in [3.63, 3.8) is 0 Å². The van der Waals surface area contributed by atoms with Crippen LogP contribution in [0.4, 0.5) is 0 Å². The largest absolute Gasteiger partial charge is 0.357 e. The zero-order valence-corrected chi connectivity index (χ0v) is 12.6. The molecule has 0 saturated carbocycles. The lowest BCUT2D eigenvalue weighted by Crippen LogP contribution is -2.55. The number of hydrogen-bond donors (Lipinski definition) is 1. The molecule has 0 aromatic carbocycles. The highest BCUT2D eigenvalue weighted by atomic mass is 16.2. The van der Waals surface area contributed by atoms with Gasteiger partial charge in [-0.3, -0.25) is 9.59 Å². The van der Waals surface area contributed by atoms with Crippen molar-refractivity contribution >= 4 is 11.8 Å². The first kappa shape index (κ1) is 14.2. The van der Waals surface area contributed by atoms with Crippen LogP contribution in [-0.2, 0) is 4.79 Å². The van der Waals surface area contributed by atoms with Crippen LogP contribution in [0.2, 0.25) is 0 Å². The molecule has 5 heteroatoms. The van der Waals surface area contributed by atoms with E-state index in [0.717, 1.165) is 45.4 Å². The summed E-state index contributed by atoms with van der Waals surface area (Å²) in [5.41, 5.74) is 0.760. The molecule has 2 aliphatic rings. The summed E-state index contributed by atoms with van der Waals surface area (Å²) in [6, 6.07) is 3.68. The molecule has 0 unspecified atom stereocenters. The van der Waals surface area contributed by atoms with Gasteiger partial charge in [0.05, 0.1) is 0 Å². The van der Waals surface area contributed by atoms with E-state index in [1.165, 1.54) is 0 Å². The Labute approximate surface area is 125 Å². The molecule has 1 atom stereocenters. The van der Waals surface area contributed by atoms with Gasteiger partial charge in [0.2, 0.25) is 5.91 Å². The maximum absolute atomic E-state index is 12.5. The van der Waals surface area contributed by atoms with Crippen molar-refractivity contribution < 1.29 is 9.59 Å². The Kier molecular flexibility index (Phi) is 3.74. The standard InChI is InChI=1S/C16H23N3O2/c1-2-18-11-16(8-6-14(18)20)7-4-10-19(12-16)15(21)13-5-3-9-17-13/h3,5,9,17H,2,4,6-8,10-12H2,1H3/t16-/m1/s1. The summed E-state index contributed by atoms with van der Waals surface area (Å²) >= 11 is 0. The fourth-order valence-electron chi connectivity index (χ4n) is 3.74. The fourth-order valence-corrected chi connectivity index (χ4v) is 3.74. The van der Waals surface area contributed by atoms with Crippen LogP contribution in [0.3, 0.4) is 0 Å². The molecule has 21 heavy (non-hydrogen) atoms. The van der Waals surface area contributed by atoms with E-state index in [0.29, 0.717) is 12.1 Å². The number of aromatic amines is 1. The smallest absolute Gasteiger partial charge is 0.270 e. The fraction of sp³-hybridized carbons (Fsp3) is 0.625. The zero-order valence-electron chi connectivity index (χ0n) is 12.6.